The Hall–Kier alpha value is -9.55. The largest absolute Gasteiger partial charge is 0.496 e. The lowest BCUT2D eigenvalue weighted by atomic mass is 9.96. The molecule has 0 aromatic heterocycles. The van der Waals surface area contributed by atoms with Gasteiger partial charge in [0.2, 0.25) is 0 Å². The SMILES string of the molecule is COc1ccc(CC(=O)[C@@H](CCCN=C(N)N)NC(=O)c2cc(CC(=O)[C@@H](CCCN=C(N)N)NC(=O)c3cc(CC(=O)[C@@H](CCCN=C(N)N)NC(=O)c4cc(CC(C)=O)ccc4OC)ccc3OC)ccc2OC)cc1C(N)=O. The van der Waals surface area contributed by atoms with Crippen molar-refractivity contribution in [3.8, 4) is 23.0 Å². The molecular formula is C56H73N13O12. The van der Waals surface area contributed by atoms with Gasteiger partial charge in [0, 0.05) is 45.3 Å². The van der Waals surface area contributed by atoms with Gasteiger partial charge in [0.15, 0.2) is 35.2 Å². The fraction of sp³-hybridized carbons (Fsp3) is 0.375. The minimum absolute atomic E-state index is 0.0103. The lowest BCUT2D eigenvalue weighted by Gasteiger charge is -2.21. The minimum atomic E-state index is -1.16. The van der Waals surface area contributed by atoms with Crippen LogP contribution in [0.4, 0.5) is 0 Å². The third-order valence-corrected chi connectivity index (χ3v) is 12.6. The van der Waals surface area contributed by atoms with Crippen molar-refractivity contribution in [3.05, 3.63) is 117 Å². The molecule has 0 bridgehead atoms. The summed E-state index contributed by atoms with van der Waals surface area (Å²) in [5.41, 5.74) is 40.6. The second-order valence-electron chi connectivity index (χ2n) is 18.7. The maximum Gasteiger partial charge on any atom is 0.255 e. The quantitative estimate of drug-likeness (QED) is 0.0176. The molecule has 25 heteroatoms. The molecule has 0 unspecified atom stereocenters. The monoisotopic (exact) mass is 1120 g/mol. The Balaban J connectivity index is 1.61. The van der Waals surface area contributed by atoms with Crippen LogP contribution in [-0.2, 0) is 44.9 Å². The summed E-state index contributed by atoms with van der Waals surface area (Å²) >= 11 is 0. The molecular weight excluding hydrogens is 1050 g/mol. The van der Waals surface area contributed by atoms with Gasteiger partial charge in [-0.3, -0.25) is 53.3 Å². The first-order valence-electron chi connectivity index (χ1n) is 25.7. The van der Waals surface area contributed by atoms with Crippen molar-refractivity contribution in [2.45, 2.75) is 89.3 Å². The number of aliphatic imine (C=N–C) groups is 3. The van der Waals surface area contributed by atoms with Crippen molar-refractivity contribution in [2.75, 3.05) is 48.1 Å². The number of ketones is 4. The lowest BCUT2D eigenvalue weighted by Crippen LogP contribution is -2.42. The maximum atomic E-state index is 14.4. The molecule has 0 aliphatic heterocycles. The smallest absolute Gasteiger partial charge is 0.255 e. The van der Waals surface area contributed by atoms with Crippen molar-refractivity contribution in [1.29, 1.82) is 0 Å². The zero-order chi connectivity index (χ0) is 59.8. The number of rotatable bonds is 34. The summed E-state index contributed by atoms with van der Waals surface area (Å²) in [7, 11) is 5.46. The maximum absolute atomic E-state index is 14.4. The van der Waals surface area contributed by atoms with E-state index in [-0.39, 0.29) is 140 Å². The number of ether oxygens (including phenoxy) is 4. The zero-order valence-electron chi connectivity index (χ0n) is 46.1. The number of methoxy groups -OCH3 is 4. The van der Waals surface area contributed by atoms with Crippen molar-refractivity contribution in [1.82, 2.24) is 16.0 Å². The molecule has 4 aromatic rings. The average molecular weight is 1120 g/mol. The number of nitrogens with one attached hydrogen (secondary N) is 3. The molecule has 4 aromatic carbocycles. The molecule has 3 atom stereocenters. The summed E-state index contributed by atoms with van der Waals surface area (Å²) in [6.45, 7) is 1.86. The third kappa shape index (κ3) is 20.3. The Labute approximate surface area is 469 Å². The van der Waals surface area contributed by atoms with Gasteiger partial charge in [-0.2, -0.15) is 0 Å². The molecule has 0 aliphatic rings. The van der Waals surface area contributed by atoms with E-state index in [2.05, 4.69) is 30.9 Å². The molecule has 0 heterocycles. The lowest BCUT2D eigenvalue weighted by molar-refractivity contribution is -0.121. The normalized spacial score (nSPS) is 11.8. The number of hydrogen-bond donors (Lipinski definition) is 10. The summed E-state index contributed by atoms with van der Waals surface area (Å²) in [6, 6.07) is 15.0. The van der Waals surface area contributed by atoms with Gasteiger partial charge < -0.3 is 75.0 Å². The summed E-state index contributed by atoms with van der Waals surface area (Å²) in [4.78, 5) is 121. The fourth-order valence-electron chi connectivity index (χ4n) is 8.61. The van der Waals surface area contributed by atoms with E-state index in [0.29, 0.717) is 35.1 Å². The van der Waals surface area contributed by atoms with E-state index in [1.807, 2.05) is 0 Å². The van der Waals surface area contributed by atoms with E-state index >= 15 is 0 Å². The number of carbonyl (C=O) groups is 8. The summed E-state index contributed by atoms with van der Waals surface area (Å²) < 4.78 is 21.8. The number of amides is 4. The first kappa shape index (κ1) is 64.0. The van der Waals surface area contributed by atoms with E-state index in [4.69, 9.17) is 59.1 Å². The van der Waals surface area contributed by atoms with Gasteiger partial charge >= 0.3 is 0 Å². The molecule has 0 spiro atoms. The number of primary amides is 1. The van der Waals surface area contributed by atoms with Crippen molar-refractivity contribution >= 4 is 64.6 Å². The third-order valence-electron chi connectivity index (χ3n) is 12.6. The van der Waals surface area contributed by atoms with Crippen molar-refractivity contribution < 1.29 is 57.3 Å². The topological polar surface area (TPSA) is 429 Å². The molecule has 434 valence electrons. The number of Topliss-reactive ketones (excluding diaryl/α,β-unsaturated/α-hetero) is 4. The zero-order valence-corrected chi connectivity index (χ0v) is 46.1. The van der Waals surface area contributed by atoms with E-state index in [1.54, 1.807) is 30.3 Å². The Morgan fingerprint density at radius 3 is 0.914 bits per heavy atom. The molecule has 0 saturated heterocycles. The summed E-state index contributed by atoms with van der Waals surface area (Å²) in [6.07, 6.45) is 0.455. The van der Waals surface area contributed by atoms with Crippen LogP contribution in [0.2, 0.25) is 0 Å². The molecule has 4 amide bonds. The van der Waals surface area contributed by atoms with Crippen LogP contribution >= 0.6 is 0 Å². The van der Waals surface area contributed by atoms with Crippen molar-refractivity contribution in [2.24, 2.45) is 55.1 Å². The first-order chi connectivity index (χ1) is 38.6. The molecule has 0 aliphatic carbocycles. The number of guanidine groups is 3. The second kappa shape index (κ2) is 31.8. The van der Waals surface area contributed by atoms with Gasteiger partial charge in [-0.25, -0.2) is 0 Å². The van der Waals surface area contributed by atoms with Crippen LogP contribution < -0.4 is 75.0 Å². The van der Waals surface area contributed by atoms with E-state index < -0.39 is 59.1 Å². The van der Waals surface area contributed by atoms with Gasteiger partial charge in [0.1, 0.15) is 28.8 Å². The molecule has 25 nitrogen and oxygen atoms in total. The van der Waals surface area contributed by atoms with Crippen LogP contribution in [0, 0.1) is 0 Å². The van der Waals surface area contributed by atoms with Crippen LogP contribution in [0.25, 0.3) is 0 Å². The molecule has 0 radical (unpaired) electrons. The van der Waals surface area contributed by atoms with E-state index in [1.165, 1.54) is 77.8 Å². The van der Waals surface area contributed by atoms with Crippen LogP contribution in [0.3, 0.4) is 0 Å². The molecule has 0 saturated carbocycles. The van der Waals surface area contributed by atoms with Gasteiger partial charge in [-0.1, -0.05) is 24.3 Å². The highest BCUT2D eigenvalue weighted by Crippen LogP contribution is 2.26. The predicted molar refractivity (Wildman–Crippen MR) is 305 cm³/mol. The predicted octanol–water partition coefficient (Wildman–Crippen LogP) is 0.843. The summed E-state index contributed by atoms with van der Waals surface area (Å²) in [5, 5.41) is 8.41. The Kier molecular flexibility index (Phi) is 25.1. The molecule has 4 rings (SSSR count). The standard InChI is InChI=1S/C56H73N13O12/c1-31(70)23-32-12-17-47(79-3)37(25-32)51(75)67-41(10-7-21-65-55(60)61)44(72)29-34-14-19-49(81-5)39(27-34)53(77)69-42(11-8-22-66-56(62)63)45(73)30-35-15-18-48(80-4)38(26-35)52(76)68-40(9-6-20-64-54(58)59)43(71)28-33-13-16-46(78-2)36(24-33)50(57)74/h12-19,24-27,40-42H,6-11,20-23,28-30H2,1-5H3,(H2,57,74)(H,67,75)(H,68,76)(H,69,77)(H4,58,59,64)(H4,60,61,65)(H4,62,63,66)/t40-,41-,42-/m1/s1. The summed E-state index contributed by atoms with van der Waals surface area (Å²) in [5.74, 6) is -4.05. The average Bonchev–Trinajstić information content (AvgIpc) is 3.43. The Bertz CT molecular complexity index is 3020. The first-order valence-corrected chi connectivity index (χ1v) is 25.7. The fourth-order valence-corrected chi connectivity index (χ4v) is 8.61. The second-order valence-corrected chi connectivity index (χ2v) is 18.7. The Morgan fingerprint density at radius 2 is 0.667 bits per heavy atom. The highest BCUT2D eigenvalue weighted by atomic mass is 16.5. The van der Waals surface area contributed by atoms with E-state index in [9.17, 15) is 38.4 Å². The van der Waals surface area contributed by atoms with Crippen LogP contribution in [0.1, 0.15) is 109 Å². The number of benzene rings is 4. The molecule has 0 fully saturated rings. The van der Waals surface area contributed by atoms with Gasteiger partial charge in [-0.05, 0) is 116 Å². The minimum Gasteiger partial charge on any atom is -0.496 e. The van der Waals surface area contributed by atoms with Gasteiger partial charge in [-0.15, -0.1) is 0 Å². The van der Waals surface area contributed by atoms with Crippen molar-refractivity contribution in [3.63, 3.8) is 0 Å². The van der Waals surface area contributed by atoms with Gasteiger partial charge in [0.05, 0.1) is 68.8 Å². The van der Waals surface area contributed by atoms with Gasteiger partial charge in [0.25, 0.3) is 23.6 Å². The number of hydrogen-bond acceptors (Lipinski definition) is 15. The highest BCUT2D eigenvalue weighted by Gasteiger charge is 2.29. The number of nitrogens with two attached hydrogens (primary N) is 7. The van der Waals surface area contributed by atoms with Crippen LogP contribution in [0.5, 0.6) is 23.0 Å². The molecule has 17 N–H and O–H groups in total. The number of nitrogens with zero attached hydrogens (tertiary/aromatic N) is 3. The highest BCUT2D eigenvalue weighted by molar-refractivity contribution is 6.03. The van der Waals surface area contributed by atoms with Crippen LogP contribution in [0.15, 0.2) is 87.8 Å². The molecule has 81 heavy (non-hydrogen) atoms. The Morgan fingerprint density at radius 1 is 0.407 bits per heavy atom. The number of carbonyl (C=O) groups excluding carboxylic acids is 8. The van der Waals surface area contributed by atoms with Crippen LogP contribution in [-0.4, -0.2) is 131 Å². The van der Waals surface area contributed by atoms with E-state index in [0.717, 1.165) is 0 Å².